The molecule has 2 heterocycles. The van der Waals surface area contributed by atoms with Crippen molar-refractivity contribution in [2.45, 2.75) is 26.3 Å². The molecular formula is C18H18N2O4S2. The van der Waals surface area contributed by atoms with Gasteiger partial charge in [-0.3, -0.25) is 14.5 Å². The number of fused-ring (bicyclic) bond motifs is 1. The Morgan fingerprint density at radius 2 is 1.88 bits per heavy atom. The average molecular weight is 390 g/mol. The van der Waals surface area contributed by atoms with E-state index in [0.717, 1.165) is 22.3 Å². The van der Waals surface area contributed by atoms with Crippen molar-refractivity contribution in [3.05, 3.63) is 34.7 Å². The number of carbonyl (C=O) groups is 3. The normalized spacial score (nSPS) is 21.0. The second-order valence-electron chi connectivity index (χ2n) is 6.61. The van der Waals surface area contributed by atoms with E-state index >= 15 is 0 Å². The Hall–Kier alpha value is -2.19. The van der Waals surface area contributed by atoms with Crippen LogP contribution in [-0.2, 0) is 14.4 Å². The van der Waals surface area contributed by atoms with E-state index in [1.165, 1.54) is 4.90 Å². The Kier molecular flexibility index (Phi) is 4.90. The van der Waals surface area contributed by atoms with E-state index in [4.69, 9.17) is 12.2 Å². The van der Waals surface area contributed by atoms with Gasteiger partial charge in [-0.05, 0) is 18.4 Å². The standard InChI is InChI=1S/C18H18N2O4S2/c1-9(2)8-12(17(23)24)20-16(22)14(26-18(20)25)13-10-6-4-5-7-11(10)19(3)15(13)21/h4-7,9,12H,8H2,1-3H3,(H,23,24)/b14-13-. The molecule has 0 aromatic heterocycles. The van der Waals surface area contributed by atoms with Gasteiger partial charge in [-0.25, -0.2) is 4.79 Å². The number of para-hydroxylation sites is 1. The lowest BCUT2D eigenvalue weighted by Crippen LogP contribution is -2.44. The highest BCUT2D eigenvalue weighted by Crippen LogP contribution is 2.44. The number of rotatable bonds is 4. The molecule has 8 heteroatoms. The summed E-state index contributed by atoms with van der Waals surface area (Å²) in [5, 5.41) is 9.57. The maximum absolute atomic E-state index is 13.0. The fraction of sp³-hybridized carbons (Fsp3) is 0.333. The van der Waals surface area contributed by atoms with Crippen LogP contribution in [0.5, 0.6) is 0 Å². The number of hydrogen-bond acceptors (Lipinski definition) is 5. The molecule has 0 spiro atoms. The zero-order chi connectivity index (χ0) is 19.2. The largest absolute Gasteiger partial charge is 0.480 e. The van der Waals surface area contributed by atoms with Gasteiger partial charge in [-0.2, -0.15) is 0 Å². The monoisotopic (exact) mass is 390 g/mol. The fourth-order valence-electron chi connectivity index (χ4n) is 3.15. The molecule has 0 saturated carbocycles. The summed E-state index contributed by atoms with van der Waals surface area (Å²) in [5.41, 5.74) is 1.67. The first-order valence-electron chi connectivity index (χ1n) is 8.14. The highest BCUT2D eigenvalue weighted by atomic mass is 32.2. The van der Waals surface area contributed by atoms with E-state index in [2.05, 4.69) is 0 Å². The number of thioether (sulfide) groups is 1. The van der Waals surface area contributed by atoms with Crippen LogP contribution in [0.25, 0.3) is 5.57 Å². The molecular weight excluding hydrogens is 372 g/mol. The minimum Gasteiger partial charge on any atom is -0.480 e. The average Bonchev–Trinajstić information content (AvgIpc) is 2.99. The van der Waals surface area contributed by atoms with Gasteiger partial charge in [0.25, 0.3) is 11.8 Å². The van der Waals surface area contributed by atoms with Crippen LogP contribution in [0.1, 0.15) is 25.8 Å². The van der Waals surface area contributed by atoms with Gasteiger partial charge < -0.3 is 10.0 Å². The van der Waals surface area contributed by atoms with Crippen molar-refractivity contribution >= 4 is 57.3 Å². The maximum Gasteiger partial charge on any atom is 0.326 e. The summed E-state index contributed by atoms with van der Waals surface area (Å²) in [7, 11) is 1.65. The maximum atomic E-state index is 13.0. The highest BCUT2D eigenvalue weighted by Gasteiger charge is 2.45. The van der Waals surface area contributed by atoms with Crippen LogP contribution < -0.4 is 4.90 Å². The van der Waals surface area contributed by atoms with Gasteiger partial charge in [-0.1, -0.05) is 56.0 Å². The number of benzene rings is 1. The van der Waals surface area contributed by atoms with Gasteiger partial charge in [0.05, 0.1) is 16.2 Å². The van der Waals surface area contributed by atoms with Crippen LogP contribution in [0.2, 0.25) is 0 Å². The molecule has 1 aromatic carbocycles. The van der Waals surface area contributed by atoms with E-state index in [0.29, 0.717) is 5.56 Å². The second-order valence-corrected chi connectivity index (χ2v) is 8.26. The molecule has 1 saturated heterocycles. The predicted octanol–water partition coefficient (Wildman–Crippen LogP) is 2.73. The van der Waals surface area contributed by atoms with Crippen molar-refractivity contribution in [2.24, 2.45) is 5.92 Å². The van der Waals surface area contributed by atoms with Crippen LogP contribution in [0.4, 0.5) is 5.69 Å². The zero-order valence-corrected chi connectivity index (χ0v) is 16.2. The van der Waals surface area contributed by atoms with Crippen molar-refractivity contribution in [3.8, 4) is 0 Å². The van der Waals surface area contributed by atoms with Crippen molar-refractivity contribution in [1.82, 2.24) is 4.90 Å². The van der Waals surface area contributed by atoms with Crippen LogP contribution in [0.3, 0.4) is 0 Å². The molecule has 1 fully saturated rings. The number of amides is 2. The molecule has 0 radical (unpaired) electrons. The summed E-state index contributed by atoms with van der Waals surface area (Å²) in [6.45, 7) is 3.77. The lowest BCUT2D eigenvalue weighted by atomic mass is 10.0. The minimum atomic E-state index is -1.10. The van der Waals surface area contributed by atoms with Crippen LogP contribution in [0.15, 0.2) is 29.2 Å². The number of likely N-dealkylation sites (N-methyl/N-ethyl adjacent to an activating group) is 1. The molecule has 0 aliphatic carbocycles. The lowest BCUT2D eigenvalue weighted by Gasteiger charge is -2.24. The molecule has 136 valence electrons. The Morgan fingerprint density at radius 1 is 1.23 bits per heavy atom. The van der Waals surface area contributed by atoms with E-state index in [-0.39, 0.29) is 33.0 Å². The smallest absolute Gasteiger partial charge is 0.326 e. The van der Waals surface area contributed by atoms with Gasteiger partial charge in [0.2, 0.25) is 0 Å². The summed E-state index contributed by atoms with van der Waals surface area (Å²) in [4.78, 5) is 40.3. The van der Waals surface area contributed by atoms with Crippen molar-refractivity contribution in [3.63, 3.8) is 0 Å². The molecule has 3 rings (SSSR count). The predicted molar refractivity (Wildman–Crippen MR) is 105 cm³/mol. The quantitative estimate of drug-likeness (QED) is 0.629. The van der Waals surface area contributed by atoms with E-state index in [1.807, 2.05) is 19.9 Å². The van der Waals surface area contributed by atoms with Crippen LogP contribution >= 0.6 is 24.0 Å². The number of anilines is 1. The summed E-state index contributed by atoms with van der Waals surface area (Å²) in [6.07, 6.45) is 0.287. The van der Waals surface area contributed by atoms with Gasteiger partial charge in [0, 0.05) is 12.6 Å². The highest BCUT2D eigenvalue weighted by molar-refractivity contribution is 8.26. The molecule has 2 aliphatic rings. The topological polar surface area (TPSA) is 77.9 Å². The molecule has 1 N–H and O–H groups in total. The Balaban J connectivity index is 2.08. The van der Waals surface area contributed by atoms with Gasteiger partial charge >= 0.3 is 5.97 Å². The molecule has 2 amide bonds. The van der Waals surface area contributed by atoms with Gasteiger partial charge in [0.15, 0.2) is 0 Å². The molecule has 1 atom stereocenters. The third-order valence-electron chi connectivity index (χ3n) is 4.37. The first-order chi connectivity index (χ1) is 12.2. The van der Waals surface area contributed by atoms with Crippen molar-refractivity contribution < 1.29 is 19.5 Å². The molecule has 0 bridgehead atoms. The van der Waals surface area contributed by atoms with E-state index in [9.17, 15) is 19.5 Å². The molecule has 1 aromatic rings. The summed E-state index contributed by atoms with van der Waals surface area (Å²) >= 11 is 6.29. The number of thiocarbonyl (C=S) groups is 1. The fourth-order valence-corrected chi connectivity index (χ4v) is 4.58. The lowest BCUT2D eigenvalue weighted by molar-refractivity contribution is -0.145. The number of aliphatic carboxylic acids is 1. The first-order valence-corrected chi connectivity index (χ1v) is 9.36. The number of carboxylic acids is 1. The molecule has 26 heavy (non-hydrogen) atoms. The number of nitrogens with zero attached hydrogens (tertiary/aromatic N) is 2. The Morgan fingerprint density at radius 3 is 2.50 bits per heavy atom. The minimum absolute atomic E-state index is 0.0772. The van der Waals surface area contributed by atoms with Crippen LogP contribution in [-0.4, -0.2) is 45.2 Å². The van der Waals surface area contributed by atoms with E-state index < -0.39 is 17.9 Å². The van der Waals surface area contributed by atoms with Gasteiger partial charge in [-0.15, -0.1) is 0 Å². The third-order valence-corrected chi connectivity index (χ3v) is 5.77. The number of carbonyl (C=O) groups excluding carboxylic acids is 2. The Bertz CT molecular complexity index is 863. The summed E-state index contributed by atoms with van der Waals surface area (Å²) in [6, 6.07) is 6.16. The van der Waals surface area contributed by atoms with Crippen molar-refractivity contribution in [2.75, 3.05) is 11.9 Å². The molecule has 2 aliphatic heterocycles. The first kappa shape index (κ1) is 18.6. The third kappa shape index (κ3) is 2.93. The van der Waals surface area contributed by atoms with E-state index in [1.54, 1.807) is 25.2 Å². The van der Waals surface area contributed by atoms with Gasteiger partial charge in [0.1, 0.15) is 10.4 Å². The molecule has 6 nitrogen and oxygen atoms in total. The second kappa shape index (κ2) is 6.85. The zero-order valence-electron chi connectivity index (χ0n) is 14.6. The van der Waals surface area contributed by atoms with Crippen molar-refractivity contribution in [1.29, 1.82) is 0 Å². The molecule has 1 unspecified atom stereocenters. The SMILES string of the molecule is CC(C)CC(C(=O)O)N1C(=O)/C(=C2/C(=O)N(C)c3ccccc32)SC1=S. The number of carboxylic acid groups (broad SMARTS) is 1. The summed E-state index contributed by atoms with van der Waals surface area (Å²) in [5.74, 6) is -1.83. The summed E-state index contributed by atoms with van der Waals surface area (Å²) < 4.78 is 0.172. The van der Waals surface area contributed by atoms with Crippen LogP contribution in [0, 0.1) is 5.92 Å². The number of hydrogen-bond donors (Lipinski definition) is 1. The Labute approximate surface area is 160 Å².